The monoisotopic (exact) mass is 432 g/mol. The third-order valence-corrected chi connectivity index (χ3v) is 4.86. The average Bonchev–Trinajstić information content (AvgIpc) is 2.97. The van der Waals surface area contributed by atoms with Gasteiger partial charge in [-0.05, 0) is 62.4 Å². The zero-order valence-electron chi connectivity index (χ0n) is 15.8. The van der Waals surface area contributed by atoms with Crippen LogP contribution in [0.2, 0.25) is 10.0 Å². The van der Waals surface area contributed by atoms with E-state index in [1.807, 2.05) is 24.5 Å². The van der Waals surface area contributed by atoms with Gasteiger partial charge in [0.15, 0.2) is 0 Å². The van der Waals surface area contributed by atoms with E-state index < -0.39 is 0 Å². The molecule has 0 radical (unpaired) electrons. The smallest absolute Gasteiger partial charge is 0.259 e. The number of nitrogens with zero attached hydrogens (tertiary/aromatic N) is 2. The molecule has 5 nitrogen and oxygen atoms in total. The van der Waals surface area contributed by atoms with Crippen molar-refractivity contribution in [3.8, 4) is 5.69 Å². The molecule has 0 unspecified atom stereocenters. The number of nitrogens with one attached hydrogen (secondary N) is 2. The first-order chi connectivity index (χ1) is 13.8. The van der Waals surface area contributed by atoms with Gasteiger partial charge in [0.25, 0.3) is 5.91 Å². The van der Waals surface area contributed by atoms with Gasteiger partial charge < -0.3 is 9.88 Å². The fourth-order valence-electron chi connectivity index (χ4n) is 2.91. The van der Waals surface area contributed by atoms with E-state index in [0.29, 0.717) is 15.7 Å². The van der Waals surface area contributed by atoms with Gasteiger partial charge in [0.05, 0.1) is 23.5 Å². The Kier molecular flexibility index (Phi) is 6.56. The van der Waals surface area contributed by atoms with Crippen molar-refractivity contribution in [3.63, 3.8) is 0 Å². The largest absolute Gasteiger partial charge is 0.376 e. The van der Waals surface area contributed by atoms with Crippen LogP contribution >= 0.6 is 23.2 Å². The van der Waals surface area contributed by atoms with E-state index in [0.717, 1.165) is 22.6 Å². The van der Waals surface area contributed by atoms with Crippen LogP contribution in [0.4, 0.5) is 10.1 Å². The maximum absolute atomic E-state index is 12.9. The number of anilines is 1. The highest BCUT2D eigenvalue weighted by molar-refractivity contribution is 6.34. The molecule has 3 rings (SSSR count). The van der Waals surface area contributed by atoms with E-state index in [1.165, 1.54) is 12.1 Å². The summed E-state index contributed by atoms with van der Waals surface area (Å²) in [5.41, 5.74) is 6.60. The Morgan fingerprint density at radius 3 is 2.59 bits per heavy atom. The van der Waals surface area contributed by atoms with Gasteiger partial charge in [0, 0.05) is 27.7 Å². The fraction of sp³-hybridized carbons (Fsp3) is 0.143. The second-order valence-corrected chi connectivity index (χ2v) is 7.25. The minimum atomic E-state index is -0.332. The van der Waals surface area contributed by atoms with E-state index in [-0.39, 0.29) is 18.3 Å². The van der Waals surface area contributed by atoms with Crippen molar-refractivity contribution in [1.82, 2.24) is 9.99 Å². The van der Waals surface area contributed by atoms with E-state index in [2.05, 4.69) is 15.8 Å². The van der Waals surface area contributed by atoms with Crippen LogP contribution in [0.25, 0.3) is 5.69 Å². The Balaban J connectivity index is 1.66. The molecule has 8 heteroatoms. The zero-order chi connectivity index (χ0) is 21.0. The minimum absolute atomic E-state index is 0.0140. The third kappa shape index (κ3) is 5.16. The second-order valence-electron chi connectivity index (χ2n) is 6.41. The number of hydrogen-bond donors (Lipinski definition) is 2. The summed E-state index contributed by atoms with van der Waals surface area (Å²) in [6.07, 6.45) is 1.58. The molecule has 3 aromatic rings. The number of carbonyl (C=O) groups is 1. The van der Waals surface area contributed by atoms with Gasteiger partial charge in [0.1, 0.15) is 5.82 Å². The number of hydrogen-bond acceptors (Lipinski definition) is 3. The lowest BCUT2D eigenvalue weighted by Gasteiger charge is -2.12. The number of hydrazone groups is 1. The summed E-state index contributed by atoms with van der Waals surface area (Å²) in [6, 6.07) is 13.0. The molecule has 0 aliphatic rings. The SMILES string of the molecule is Cc1cc(/C=N\NC(=O)CNc2ccc(F)cc2)c(C)n1-c1cc(Cl)ccc1Cl. The molecule has 0 fully saturated rings. The Labute approximate surface area is 178 Å². The summed E-state index contributed by atoms with van der Waals surface area (Å²) in [4.78, 5) is 11.9. The van der Waals surface area contributed by atoms with E-state index in [9.17, 15) is 9.18 Å². The highest BCUT2D eigenvalue weighted by Crippen LogP contribution is 2.28. The summed E-state index contributed by atoms with van der Waals surface area (Å²) in [6.45, 7) is 3.90. The Bertz CT molecular complexity index is 1060. The van der Waals surface area contributed by atoms with Gasteiger partial charge in [-0.1, -0.05) is 23.2 Å². The Hall–Kier alpha value is -2.83. The molecule has 0 atom stereocenters. The van der Waals surface area contributed by atoms with Crippen molar-refractivity contribution in [1.29, 1.82) is 0 Å². The number of rotatable bonds is 6. The van der Waals surface area contributed by atoms with Gasteiger partial charge in [-0.15, -0.1) is 0 Å². The summed E-state index contributed by atoms with van der Waals surface area (Å²) in [7, 11) is 0. The molecule has 1 aromatic heterocycles. The van der Waals surface area contributed by atoms with Gasteiger partial charge in [-0.3, -0.25) is 4.79 Å². The lowest BCUT2D eigenvalue weighted by atomic mass is 10.2. The molecule has 1 heterocycles. The van der Waals surface area contributed by atoms with Crippen LogP contribution < -0.4 is 10.7 Å². The predicted molar refractivity (Wildman–Crippen MR) is 116 cm³/mol. The summed E-state index contributed by atoms with van der Waals surface area (Å²) >= 11 is 12.4. The fourth-order valence-corrected chi connectivity index (χ4v) is 3.28. The van der Waals surface area contributed by atoms with Crippen molar-refractivity contribution in [3.05, 3.63) is 81.3 Å². The lowest BCUT2D eigenvalue weighted by Crippen LogP contribution is -2.25. The van der Waals surface area contributed by atoms with Crippen LogP contribution in [0.3, 0.4) is 0 Å². The van der Waals surface area contributed by atoms with Gasteiger partial charge in [-0.25, -0.2) is 9.82 Å². The molecule has 0 saturated carbocycles. The third-order valence-electron chi connectivity index (χ3n) is 4.31. The molecular formula is C21H19Cl2FN4O. The Morgan fingerprint density at radius 2 is 1.86 bits per heavy atom. The molecule has 2 N–H and O–H groups in total. The molecule has 0 bridgehead atoms. The van der Waals surface area contributed by atoms with Crippen molar-refractivity contribution < 1.29 is 9.18 Å². The maximum Gasteiger partial charge on any atom is 0.259 e. The summed E-state index contributed by atoms with van der Waals surface area (Å²) in [5, 5.41) is 8.09. The first kappa shape index (κ1) is 20.9. The van der Waals surface area contributed by atoms with Gasteiger partial charge in [-0.2, -0.15) is 5.10 Å². The molecule has 0 spiro atoms. The van der Waals surface area contributed by atoms with Gasteiger partial charge >= 0.3 is 0 Å². The van der Waals surface area contributed by atoms with E-state index in [4.69, 9.17) is 23.2 Å². The number of aryl methyl sites for hydroxylation is 1. The first-order valence-corrected chi connectivity index (χ1v) is 9.56. The van der Waals surface area contributed by atoms with Crippen LogP contribution in [0.5, 0.6) is 0 Å². The number of benzene rings is 2. The van der Waals surface area contributed by atoms with Crippen molar-refractivity contribution in [2.75, 3.05) is 11.9 Å². The number of carbonyl (C=O) groups excluding carboxylic acids is 1. The molecule has 2 aromatic carbocycles. The average molecular weight is 433 g/mol. The second kappa shape index (κ2) is 9.11. The molecule has 0 aliphatic heterocycles. The molecule has 0 saturated heterocycles. The predicted octanol–water partition coefficient (Wildman–Crippen LogP) is 5.10. The number of aromatic nitrogens is 1. The quantitative estimate of drug-likeness (QED) is 0.420. The lowest BCUT2D eigenvalue weighted by molar-refractivity contribution is -0.119. The first-order valence-electron chi connectivity index (χ1n) is 8.81. The Morgan fingerprint density at radius 1 is 1.14 bits per heavy atom. The van der Waals surface area contributed by atoms with Crippen molar-refractivity contribution in [2.24, 2.45) is 5.10 Å². The highest BCUT2D eigenvalue weighted by Gasteiger charge is 2.12. The molecule has 150 valence electrons. The van der Waals surface area contributed by atoms with Crippen LogP contribution in [0.1, 0.15) is 17.0 Å². The standard InChI is InChI=1S/C21H19Cl2FN4O/c1-13-9-15(14(2)28(13)20-10-16(22)3-8-19(20)23)11-26-27-21(29)12-25-18-6-4-17(24)5-7-18/h3-11,25H,12H2,1-2H3,(H,27,29)/b26-11-. The highest BCUT2D eigenvalue weighted by atomic mass is 35.5. The van der Waals surface area contributed by atoms with Gasteiger partial charge in [0.2, 0.25) is 0 Å². The molecule has 29 heavy (non-hydrogen) atoms. The zero-order valence-corrected chi connectivity index (χ0v) is 17.4. The van der Waals surface area contributed by atoms with E-state index in [1.54, 1.807) is 36.5 Å². The minimum Gasteiger partial charge on any atom is -0.376 e. The van der Waals surface area contributed by atoms with Crippen LogP contribution in [-0.4, -0.2) is 23.2 Å². The molecule has 0 aliphatic carbocycles. The van der Waals surface area contributed by atoms with Crippen molar-refractivity contribution >= 4 is 41.0 Å². The topological polar surface area (TPSA) is 58.4 Å². The number of amides is 1. The maximum atomic E-state index is 12.9. The van der Waals surface area contributed by atoms with Crippen LogP contribution in [0, 0.1) is 19.7 Å². The molecular weight excluding hydrogens is 414 g/mol. The molecule has 1 amide bonds. The summed E-state index contributed by atoms with van der Waals surface area (Å²) in [5.74, 6) is -0.654. The van der Waals surface area contributed by atoms with Crippen molar-refractivity contribution in [2.45, 2.75) is 13.8 Å². The van der Waals surface area contributed by atoms with Crippen LogP contribution in [-0.2, 0) is 4.79 Å². The summed E-state index contributed by atoms with van der Waals surface area (Å²) < 4.78 is 14.9. The van der Waals surface area contributed by atoms with E-state index >= 15 is 0 Å². The normalized spacial score (nSPS) is 11.1. The van der Waals surface area contributed by atoms with Crippen LogP contribution in [0.15, 0.2) is 53.6 Å². The number of halogens is 3.